The van der Waals surface area contributed by atoms with Crippen LogP contribution in [-0.2, 0) is 0 Å². The van der Waals surface area contributed by atoms with Gasteiger partial charge in [-0.05, 0) is 24.3 Å². The Morgan fingerprint density at radius 2 is 2.05 bits per heavy atom. The molecular weight excluding hydrogens is 252 g/mol. The highest BCUT2D eigenvalue weighted by atomic mass is 16.3. The van der Waals surface area contributed by atoms with Crippen molar-refractivity contribution in [2.24, 2.45) is 5.92 Å². The molecule has 1 aromatic rings. The van der Waals surface area contributed by atoms with Gasteiger partial charge in [-0.15, -0.1) is 0 Å². The first kappa shape index (κ1) is 14.9. The van der Waals surface area contributed by atoms with Crippen LogP contribution in [0.5, 0.6) is 0 Å². The molecule has 1 aromatic carbocycles. The van der Waals surface area contributed by atoms with Crippen molar-refractivity contribution in [3.8, 4) is 0 Å². The fraction of sp³-hybridized carbons (Fsp3) is 0.562. The van der Waals surface area contributed by atoms with Crippen LogP contribution in [0.25, 0.3) is 0 Å². The van der Waals surface area contributed by atoms with Crippen molar-refractivity contribution in [3.05, 3.63) is 35.9 Å². The van der Waals surface area contributed by atoms with Gasteiger partial charge in [-0.25, -0.2) is 4.79 Å². The van der Waals surface area contributed by atoms with Gasteiger partial charge in [0.1, 0.15) is 0 Å². The van der Waals surface area contributed by atoms with Gasteiger partial charge >= 0.3 is 6.03 Å². The number of hydrogen-bond acceptors (Lipinski definition) is 2. The number of carbonyl (C=O) groups is 1. The fourth-order valence-corrected chi connectivity index (χ4v) is 2.52. The number of hydrogen-bond donors (Lipinski definition) is 3. The van der Waals surface area contributed by atoms with E-state index in [4.69, 9.17) is 5.11 Å². The summed E-state index contributed by atoms with van der Waals surface area (Å²) < 4.78 is 0. The molecule has 1 saturated carbocycles. The first-order valence-corrected chi connectivity index (χ1v) is 7.49. The molecule has 4 heteroatoms. The van der Waals surface area contributed by atoms with Crippen LogP contribution in [0, 0.1) is 5.92 Å². The predicted molar refractivity (Wildman–Crippen MR) is 79.4 cm³/mol. The Hall–Kier alpha value is -1.55. The van der Waals surface area contributed by atoms with E-state index in [0.717, 1.165) is 17.9 Å². The van der Waals surface area contributed by atoms with E-state index in [9.17, 15) is 4.79 Å². The highest BCUT2D eigenvalue weighted by molar-refractivity contribution is 5.74. The van der Waals surface area contributed by atoms with Gasteiger partial charge in [-0.3, -0.25) is 0 Å². The van der Waals surface area contributed by atoms with Crippen molar-refractivity contribution in [1.29, 1.82) is 0 Å². The van der Waals surface area contributed by atoms with Crippen LogP contribution in [0.3, 0.4) is 0 Å². The highest BCUT2D eigenvalue weighted by Gasteiger charge is 2.24. The van der Waals surface area contributed by atoms with Crippen LogP contribution in [0.2, 0.25) is 0 Å². The lowest BCUT2D eigenvalue weighted by Crippen LogP contribution is -2.39. The molecule has 3 N–H and O–H groups in total. The van der Waals surface area contributed by atoms with Crippen LogP contribution < -0.4 is 10.6 Å². The van der Waals surface area contributed by atoms with E-state index in [-0.39, 0.29) is 18.7 Å². The number of carbonyl (C=O) groups excluding carboxylic acids is 1. The minimum Gasteiger partial charge on any atom is -0.396 e. The molecule has 0 aromatic heterocycles. The van der Waals surface area contributed by atoms with Gasteiger partial charge in [0.05, 0.1) is 6.04 Å². The first-order valence-electron chi connectivity index (χ1n) is 7.49. The topological polar surface area (TPSA) is 61.4 Å². The van der Waals surface area contributed by atoms with Gasteiger partial charge < -0.3 is 15.7 Å². The van der Waals surface area contributed by atoms with Crippen LogP contribution in [0.15, 0.2) is 30.3 Å². The average molecular weight is 276 g/mol. The van der Waals surface area contributed by atoms with Gasteiger partial charge in [0, 0.05) is 13.2 Å². The third-order valence-corrected chi connectivity index (χ3v) is 3.92. The quantitative estimate of drug-likeness (QED) is 0.670. The standard InChI is InChI=1S/C16H24N2O2/c19-11-5-10-17-16(20)18-15(12-13-6-4-7-13)14-8-2-1-3-9-14/h1-3,8-9,13,15,19H,4-7,10-12H2,(H2,17,18,20). The summed E-state index contributed by atoms with van der Waals surface area (Å²) in [5.74, 6) is 0.734. The predicted octanol–water partition coefficient (Wildman–Crippen LogP) is 2.60. The number of amides is 2. The van der Waals surface area contributed by atoms with Gasteiger partial charge in [0.15, 0.2) is 0 Å². The summed E-state index contributed by atoms with van der Waals surface area (Å²) in [4.78, 5) is 11.9. The van der Waals surface area contributed by atoms with Gasteiger partial charge in [0.25, 0.3) is 0 Å². The summed E-state index contributed by atoms with van der Waals surface area (Å²) in [6, 6.07) is 10.1. The molecule has 0 radical (unpaired) electrons. The largest absolute Gasteiger partial charge is 0.396 e. The lowest BCUT2D eigenvalue weighted by Gasteiger charge is -2.30. The van der Waals surface area contributed by atoms with Crippen LogP contribution in [-0.4, -0.2) is 24.3 Å². The summed E-state index contributed by atoms with van der Waals surface area (Å²) in [6.07, 6.45) is 5.46. The van der Waals surface area contributed by atoms with Gasteiger partial charge in [-0.1, -0.05) is 49.6 Å². The Kier molecular flexibility index (Phi) is 5.87. The zero-order valence-corrected chi connectivity index (χ0v) is 11.8. The molecule has 2 amide bonds. The number of nitrogens with one attached hydrogen (secondary N) is 2. The SMILES string of the molecule is O=C(NCCCO)NC(CC1CCC1)c1ccccc1. The molecule has 20 heavy (non-hydrogen) atoms. The Labute approximate surface area is 120 Å². The minimum absolute atomic E-state index is 0.0793. The molecule has 110 valence electrons. The molecule has 1 aliphatic carbocycles. The Balaban J connectivity index is 1.90. The number of urea groups is 1. The maximum atomic E-state index is 11.9. The molecule has 1 atom stereocenters. The van der Waals surface area contributed by atoms with Crippen molar-refractivity contribution < 1.29 is 9.90 Å². The third-order valence-electron chi connectivity index (χ3n) is 3.92. The molecule has 1 fully saturated rings. The van der Waals surface area contributed by atoms with E-state index in [1.807, 2.05) is 18.2 Å². The Bertz CT molecular complexity index is 404. The van der Waals surface area contributed by atoms with Crippen LogP contribution in [0.1, 0.15) is 43.7 Å². The van der Waals surface area contributed by atoms with E-state index in [1.165, 1.54) is 19.3 Å². The van der Waals surface area contributed by atoms with E-state index in [2.05, 4.69) is 22.8 Å². The smallest absolute Gasteiger partial charge is 0.315 e. The van der Waals surface area contributed by atoms with Crippen LogP contribution in [0.4, 0.5) is 4.79 Å². The summed E-state index contributed by atoms with van der Waals surface area (Å²) in [6.45, 7) is 0.609. The first-order chi connectivity index (χ1) is 9.79. The van der Waals surface area contributed by atoms with E-state index < -0.39 is 0 Å². The fourth-order valence-electron chi connectivity index (χ4n) is 2.52. The van der Waals surface area contributed by atoms with Crippen molar-refractivity contribution in [3.63, 3.8) is 0 Å². The summed E-state index contributed by atoms with van der Waals surface area (Å²) in [5.41, 5.74) is 1.16. The summed E-state index contributed by atoms with van der Waals surface area (Å²) in [5, 5.41) is 14.6. The molecule has 0 aliphatic heterocycles. The normalized spacial score (nSPS) is 16.2. The Morgan fingerprint density at radius 3 is 2.65 bits per heavy atom. The van der Waals surface area contributed by atoms with Gasteiger partial charge in [0.2, 0.25) is 0 Å². The second-order valence-electron chi connectivity index (χ2n) is 5.47. The maximum absolute atomic E-state index is 11.9. The molecule has 2 rings (SSSR count). The molecule has 0 saturated heterocycles. The average Bonchev–Trinajstić information content (AvgIpc) is 2.42. The van der Waals surface area contributed by atoms with Crippen molar-refractivity contribution in [1.82, 2.24) is 10.6 Å². The molecule has 1 unspecified atom stereocenters. The second kappa shape index (κ2) is 7.90. The number of rotatable bonds is 7. The molecule has 1 aliphatic rings. The lowest BCUT2D eigenvalue weighted by atomic mass is 9.79. The third kappa shape index (κ3) is 4.53. The van der Waals surface area contributed by atoms with Gasteiger partial charge in [-0.2, -0.15) is 0 Å². The number of aliphatic hydroxyl groups is 1. The minimum atomic E-state index is -0.147. The van der Waals surface area contributed by atoms with Crippen molar-refractivity contribution in [2.75, 3.05) is 13.2 Å². The zero-order valence-electron chi connectivity index (χ0n) is 11.8. The van der Waals surface area contributed by atoms with E-state index in [0.29, 0.717) is 13.0 Å². The lowest BCUT2D eigenvalue weighted by molar-refractivity contribution is 0.223. The second-order valence-corrected chi connectivity index (χ2v) is 5.47. The van der Waals surface area contributed by atoms with Crippen molar-refractivity contribution in [2.45, 2.75) is 38.1 Å². The number of benzene rings is 1. The highest BCUT2D eigenvalue weighted by Crippen LogP contribution is 2.34. The molecule has 0 heterocycles. The summed E-state index contributed by atoms with van der Waals surface area (Å²) >= 11 is 0. The maximum Gasteiger partial charge on any atom is 0.315 e. The van der Waals surface area contributed by atoms with E-state index >= 15 is 0 Å². The Morgan fingerprint density at radius 1 is 1.30 bits per heavy atom. The monoisotopic (exact) mass is 276 g/mol. The molecule has 0 spiro atoms. The molecule has 4 nitrogen and oxygen atoms in total. The van der Waals surface area contributed by atoms with E-state index in [1.54, 1.807) is 0 Å². The zero-order chi connectivity index (χ0) is 14.2. The van der Waals surface area contributed by atoms with Crippen molar-refractivity contribution >= 4 is 6.03 Å². The summed E-state index contributed by atoms with van der Waals surface area (Å²) in [7, 11) is 0. The number of aliphatic hydroxyl groups excluding tert-OH is 1. The molecular formula is C16H24N2O2. The van der Waals surface area contributed by atoms with Crippen LogP contribution >= 0.6 is 0 Å². The molecule has 0 bridgehead atoms.